The smallest absolute Gasteiger partial charge is 0.0346 e. The first-order valence-electron chi connectivity index (χ1n) is 3.24. The van der Waals surface area contributed by atoms with E-state index < -0.39 is 0 Å². The van der Waals surface area contributed by atoms with Gasteiger partial charge < -0.3 is 5.73 Å². The molecule has 1 aromatic rings. The van der Waals surface area contributed by atoms with Gasteiger partial charge in [0.1, 0.15) is 0 Å². The van der Waals surface area contributed by atoms with E-state index in [0.717, 1.165) is 17.7 Å². The fraction of sp³-hybridized carbons (Fsp3) is 0.250. The van der Waals surface area contributed by atoms with Crippen LogP contribution in [0.2, 0.25) is 0 Å². The van der Waals surface area contributed by atoms with Crippen LogP contribution in [0.5, 0.6) is 0 Å². The summed E-state index contributed by atoms with van der Waals surface area (Å²) in [5.41, 5.74) is 7.62. The molecular formula is C8H11Cl2N. The second-order valence-electron chi connectivity index (χ2n) is 2.14. The lowest BCUT2D eigenvalue weighted by Crippen LogP contribution is -1.93. The van der Waals surface area contributed by atoms with E-state index in [-0.39, 0.29) is 12.4 Å². The van der Waals surface area contributed by atoms with Crippen LogP contribution in [0.15, 0.2) is 24.3 Å². The van der Waals surface area contributed by atoms with E-state index >= 15 is 0 Å². The molecule has 1 aromatic carbocycles. The van der Waals surface area contributed by atoms with Crippen LogP contribution in [0.1, 0.15) is 5.56 Å². The minimum Gasteiger partial charge on any atom is -0.399 e. The fourth-order valence-corrected chi connectivity index (χ4v) is 1.07. The van der Waals surface area contributed by atoms with E-state index in [4.69, 9.17) is 17.3 Å². The number of rotatable bonds is 2. The molecule has 0 aromatic heterocycles. The molecule has 0 amide bonds. The molecule has 0 bridgehead atoms. The highest BCUT2D eigenvalue weighted by Gasteiger charge is 1.93. The molecule has 0 saturated heterocycles. The van der Waals surface area contributed by atoms with Crippen molar-refractivity contribution in [1.29, 1.82) is 0 Å². The van der Waals surface area contributed by atoms with Crippen LogP contribution in [0, 0.1) is 0 Å². The maximum Gasteiger partial charge on any atom is 0.0346 e. The molecule has 2 N–H and O–H groups in total. The Kier molecular flexibility index (Phi) is 5.08. The van der Waals surface area contributed by atoms with Crippen molar-refractivity contribution < 1.29 is 0 Å². The van der Waals surface area contributed by atoms with Crippen molar-refractivity contribution in [3.8, 4) is 0 Å². The van der Waals surface area contributed by atoms with Crippen LogP contribution in [0.4, 0.5) is 5.69 Å². The van der Waals surface area contributed by atoms with Crippen molar-refractivity contribution in [3.05, 3.63) is 29.8 Å². The summed E-state index contributed by atoms with van der Waals surface area (Å²) < 4.78 is 0. The Morgan fingerprint density at radius 3 is 2.45 bits per heavy atom. The molecule has 1 rings (SSSR count). The minimum absolute atomic E-state index is 0. The lowest BCUT2D eigenvalue weighted by molar-refractivity contribution is 1.15. The summed E-state index contributed by atoms with van der Waals surface area (Å²) in [5, 5.41) is 0. The van der Waals surface area contributed by atoms with Gasteiger partial charge in [0.05, 0.1) is 0 Å². The number of benzene rings is 1. The molecule has 1 nitrogen and oxygen atoms in total. The van der Waals surface area contributed by atoms with Crippen molar-refractivity contribution in [1.82, 2.24) is 0 Å². The van der Waals surface area contributed by atoms with Crippen LogP contribution in [0.3, 0.4) is 0 Å². The molecule has 0 atom stereocenters. The van der Waals surface area contributed by atoms with Gasteiger partial charge in [-0.05, 0) is 18.1 Å². The zero-order chi connectivity index (χ0) is 7.40. The number of nitrogens with two attached hydrogens (primary N) is 1. The number of halogens is 2. The first-order valence-corrected chi connectivity index (χ1v) is 3.77. The predicted octanol–water partition coefficient (Wildman–Crippen LogP) is 2.47. The summed E-state index contributed by atoms with van der Waals surface area (Å²) in [5.74, 6) is 0.633. The highest BCUT2D eigenvalue weighted by molar-refractivity contribution is 6.18. The molecule has 0 unspecified atom stereocenters. The van der Waals surface area contributed by atoms with Crippen molar-refractivity contribution in [2.45, 2.75) is 6.42 Å². The molecule has 11 heavy (non-hydrogen) atoms. The first kappa shape index (κ1) is 10.6. The van der Waals surface area contributed by atoms with Gasteiger partial charge in [-0.1, -0.05) is 18.2 Å². The predicted molar refractivity (Wildman–Crippen MR) is 52.5 cm³/mol. The Hall–Kier alpha value is -0.400. The molecule has 0 spiro atoms. The molecular weight excluding hydrogens is 181 g/mol. The third-order valence-electron chi connectivity index (χ3n) is 1.42. The minimum atomic E-state index is 0. The Balaban J connectivity index is 0.000001000. The van der Waals surface area contributed by atoms with Crippen molar-refractivity contribution in [3.63, 3.8) is 0 Å². The third-order valence-corrected chi connectivity index (χ3v) is 1.61. The zero-order valence-electron chi connectivity index (χ0n) is 6.09. The maximum atomic E-state index is 5.65. The zero-order valence-corrected chi connectivity index (χ0v) is 7.66. The average Bonchev–Trinajstić information content (AvgIpc) is 1.94. The Morgan fingerprint density at radius 2 is 1.91 bits per heavy atom. The topological polar surface area (TPSA) is 26.0 Å². The standard InChI is InChI=1S/C8H10ClN.ClH/c9-6-5-7-3-1-2-4-8(7)10;/h1-4H,5-6,10H2;1H. The molecule has 0 aliphatic heterocycles. The molecule has 0 fully saturated rings. The van der Waals surface area contributed by atoms with Gasteiger partial charge in [-0.15, -0.1) is 24.0 Å². The number of nitrogen functional groups attached to an aromatic ring is 1. The molecule has 0 saturated carbocycles. The van der Waals surface area contributed by atoms with Gasteiger partial charge in [-0.25, -0.2) is 0 Å². The van der Waals surface area contributed by atoms with E-state index in [1.54, 1.807) is 0 Å². The van der Waals surface area contributed by atoms with E-state index in [1.807, 2.05) is 24.3 Å². The highest BCUT2D eigenvalue weighted by atomic mass is 35.5. The second kappa shape index (κ2) is 5.28. The Labute approximate surface area is 78.0 Å². The maximum absolute atomic E-state index is 5.65. The van der Waals surface area contributed by atoms with Gasteiger partial charge in [-0.3, -0.25) is 0 Å². The lowest BCUT2D eigenvalue weighted by atomic mass is 10.1. The summed E-state index contributed by atoms with van der Waals surface area (Å²) in [6.07, 6.45) is 0.855. The van der Waals surface area contributed by atoms with E-state index in [1.165, 1.54) is 0 Å². The third kappa shape index (κ3) is 3.00. The number of aryl methyl sites for hydroxylation is 1. The normalized spacial score (nSPS) is 8.82. The van der Waals surface area contributed by atoms with E-state index in [2.05, 4.69) is 0 Å². The largest absolute Gasteiger partial charge is 0.399 e. The Bertz CT molecular complexity index is 213. The van der Waals surface area contributed by atoms with Crippen LogP contribution in [0.25, 0.3) is 0 Å². The molecule has 0 aliphatic rings. The SMILES string of the molecule is Cl.Nc1ccccc1CCCl. The number of anilines is 1. The molecule has 0 aliphatic carbocycles. The van der Waals surface area contributed by atoms with Crippen molar-refractivity contribution in [2.24, 2.45) is 0 Å². The van der Waals surface area contributed by atoms with Crippen LogP contribution >= 0.6 is 24.0 Å². The summed E-state index contributed by atoms with van der Waals surface area (Å²) in [7, 11) is 0. The van der Waals surface area contributed by atoms with Crippen LogP contribution < -0.4 is 5.73 Å². The quantitative estimate of drug-likeness (QED) is 0.565. The van der Waals surface area contributed by atoms with Crippen LogP contribution in [-0.4, -0.2) is 5.88 Å². The van der Waals surface area contributed by atoms with E-state index in [0.29, 0.717) is 5.88 Å². The van der Waals surface area contributed by atoms with Gasteiger partial charge in [0.25, 0.3) is 0 Å². The molecule has 3 heteroatoms. The van der Waals surface area contributed by atoms with Gasteiger partial charge in [0.15, 0.2) is 0 Å². The molecule has 0 radical (unpaired) electrons. The summed E-state index contributed by atoms with van der Waals surface area (Å²) >= 11 is 5.55. The average molecular weight is 192 g/mol. The number of alkyl halides is 1. The van der Waals surface area contributed by atoms with Gasteiger partial charge in [0, 0.05) is 11.6 Å². The van der Waals surface area contributed by atoms with Crippen LogP contribution in [-0.2, 0) is 6.42 Å². The lowest BCUT2D eigenvalue weighted by Gasteiger charge is -2.00. The molecule has 0 heterocycles. The summed E-state index contributed by atoms with van der Waals surface area (Å²) in [6, 6.07) is 7.78. The first-order chi connectivity index (χ1) is 4.84. The highest BCUT2D eigenvalue weighted by Crippen LogP contribution is 2.10. The van der Waals surface area contributed by atoms with E-state index in [9.17, 15) is 0 Å². The monoisotopic (exact) mass is 191 g/mol. The second-order valence-corrected chi connectivity index (χ2v) is 2.52. The Morgan fingerprint density at radius 1 is 1.27 bits per heavy atom. The summed E-state index contributed by atoms with van der Waals surface area (Å²) in [6.45, 7) is 0. The number of hydrogen-bond acceptors (Lipinski definition) is 1. The fourth-order valence-electron chi connectivity index (χ4n) is 0.864. The summed E-state index contributed by atoms with van der Waals surface area (Å²) in [4.78, 5) is 0. The van der Waals surface area contributed by atoms with Crippen molar-refractivity contribution in [2.75, 3.05) is 11.6 Å². The number of para-hydroxylation sites is 1. The number of hydrogen-bond donors (Lipinski definition) is 1. The van der Waals surface area contributed by atoms with Gasteiger partial charge >= 0.3 is 0 Å². The van der Waals surface area contributed by atoms with Gasteiger partial charge in [0.2, 0.25) is 0 Å². The van der Waals surface area contributed by atoms with Gasteiger partial charge in [-0.2, -0.15) is 0 Å². The van der Waals surface area contributed by atoms with Crippen molar-refractivity contribution >= 4 is 29.7 Å². The molecule has 62 valence electrons.